The van der Waals surface area contributed by atoms with Crippen LogP contribution in [0.1, 0.15) is 35.2 Å². The maximum Gasteiger partial charge on any atom is 0.416 e. The maximum atomic E-state index is 13.1. The van der Waals surface area contributed by atoms with Gasteiger partial charge in [0.2, 0.25) is 6.79 Å². The van der Waals surface area contributed by atoms with Gasteiger partial charge in [-0.1, -0.05) is 48.5 Å². The molecule has 3 aromatic carbocycles. The van der Waals surface area contributed by atoms with Crippen molar-refractivity contribution in [2.75, 3.05) is 13.9 Å². The second kappa shape index (κ2) is 10.7. The number of guanidine groups is 1. The van der Waals surface area contributed by atoms with E-state index in [1.54, 1.807) is 11.8 Å². The Morgan fingerprint density at radius 2 is 1.72 bits per heavy atom. The molecular weight excluding hydrogens is 511 g/mol. The second-order valence-corrected chi connectivity index (χ2v) is 9.09. The number of carbonyl (C=O) groups excluding carboxylic acids is 1. The molecule has 3 aromatic rings. The normalized spacial score (nSPS) is 17.8. The largest absolute Gasteiger partial charge is 0.466 e. The highest BCUT2D eigenvalue weighted by atomic mass is 19.4. The van der Waals surface area contributed by atoms with Gasteiger partial charge in [0.25, 0.3) is 0 Å². The first kappa shape index (κ1) is 26.1. The maximum absolute atomic E-state index is 13.1. The van der Waals surface area contributed by atoms with Crippen LogP contribution in [0.4, 0.5) is 13.2 Å². The number of allylic oxidation sites excluding steroid dienone is 1. The summed E-state index contributed by atoms with van der Waals surface area (Å²) in [6.07, 6.45) is -4.43. The topological polar surface area (TPSA) is 72.4 Å². The number of halogens is 3. The molecule has 0 saturated carbocycles. The summed E-state index contributed by atoms with van der Waals surface area (Å²) in [5.41, 5.74) is 2.56. The smallest absolute Gasteiger partial charge is 0.416 e. The lowest BCUT2D eigenvalue weighted by atomic mass is 9.94. The molecule has 0 bridgehead atoms. The third-order valence-electron chi connectivity index (χ3n) is 6.62. The zero-order valence-electron chi connectivity index (χ0n) is 21.3. The van der Waals surface area contributed by atoms with Crippen LogP contribution in [0.25, 0.3) is 0 Å². The van der Waals surface area contributed by atoms with E-state index < -0.39 is 23.8 Å². The number of carbonyl (C=O) groups is 1. The van der Waals surface area contributed by atoms with E-state index in [1.807, 2.05) is 48.5 Å². The van der Waals surface area contributed by atoms with Crippen molar-refractivity contribution in [3.63, 3.8) is 0 Å². The van der Waals surface area contributed by atoms with E-state index in [9.17, 15) is 18.0 Å². The first-order valence-electron chi connectivity index (χ1n) is 12.2. The quantitative estimate of drug-likeness (QED) is 0.414. The Labute approximate surface area is 223 Å². The number of ether oxygens (including phenoxy) is 3. The summed E-state index contributed by atoms with van der Waals surface area (Å²) >= 11 is 0. The lowest BCUT2D eigenvalue weighted by Crippen LogP contribution is -2.48. The molecule has 0 fully saturated rings. The number of esters is 1. The van der Waals surface area contributed by atoms with Gasteiger partial charge in [0.05, 0.1) is 37.4 Å². The van der Waals surface area contributed by atoms with Crippen molar-refractivity contribution >= 4 is 11.9 Å². The van der Waals surface area contributed by atoms with Gasteiger partial charge in [-0.05, 0) is 47.9 Å². The van der Waals surface area contributed by atoms with Gasteiger partial charge in [0.15, 0.2) is 17.5 Å². The number of fused-ring (bicyclic) bond motifs is 1. The number of benzene rings is 3. The van der Waals surface area contributed by atoms with Crippen LogP contribution in [0.15, 0.2) is 89.1 Å². The highest BCUT2D eigenvalue weighted by molar-refractivity contribution is 5.96. The van der Waals surface area contributed by atoms with Crippen LogP contribution in [-0.2, 0) is 28.8 Å². The van der Waals surface area contributed by atoms with Crippen molar-refractivity contribution in [3.05, 3.63) is 106 Å². The first-order chi connectivity index (χ1) is 18.7. The molecule has 0 radical (unpaired) electrons. The van der Waals surface area contributed by atoms with E-state index in [2.05, 4.69) is 5.32 Å². The molecule has 1 atom stereocenters. The molecule has 10 heteroatoms. The fourth-order valence-electron chi connectivity index (χ4n) is 4.57. The molecule has 2 heterocycles. The van der Waals surface area contributed by atoms with Gasteiger partial charge in [-0.2, -0.15) is 13.2 Å². The number of nitrogens with one attached hydrogen (secondary N) is 1. The summed E-state index contributed by atoms with van der Waals surface area (Å²) in [7, 11) is 1.31. The minimum Gasteiger partial charge on any atom is -0.466 e. The van der Waals surface area contributed by atoms with Gasteiger partial charge in [-0.25, -0.2) is 9.79 Å². The zero-order chi connectivity index (χ0) is 27.6. The Hall–Kier alpha value is -4.47. The number of aliphatic imine (C=N–C) groups is 1. The van der Waals surface area contributed by atoms with Gasteiger partial charge in [-0.3, -0.25) is 0 Å². The lowest BCUT2D eigenvalue weighted by Gasteiger charge is -2.38. The van der Waals surface area contributed by atoms with Crippen LogP contribution in [0.3, 0.4) is 0 Å². The van der Waals surface area contributed by atoms with E-state index in [1.165, 1.54) is 19.2 Å². The summed E-state index contributed by atoms with van der Waals surface area (Å²) in [6.45, 7) is 2.40. The van der Waals surface area contributed by atoms with Crippen LogP contribution in [0.5, 0.6) is 11.5 Å². The van der Waals surface area contributed by atoms with Gasteiger partial charge < -0.3 is 24.4 Å². The Bertz CT molecular complexity index is 1420. The van der Waals surface area contributed by atoms with Crippen LogP contribution in [-0.4, -0.2) is 30.7 Å². The Kier molecular flexibility index (Phi) is 7.19. The van der Waals surface area contributed by atoms with Crippen LogP contribution in [0, 0.1) is 0 Å². The lowest BCUT2D eigenvalue weighted by molar-refractivity contribution is -0.138. The third kappa shape index (κ3) is 5.55. The fourth-order valence-corrected chi connectivity index (χ4v) is 4.57. The van der Waals surface area contributed by atoms with E-state index in [0.29, 0.717) is 34.3 Å². The minimum absolute atomic E-state index is 0.162. The summed E-state index contributed by atoms with van der Waals surface area (Å²) in [4.78, 5) is 19.6. The number of hydrogen-bond acceptors (Lipinski definition) is 5. The summed E-state index contributed by atoms with van der Waals surface area (Å²) < 4.78 is 55.3. The molecule has 1 N–H and O–H groups in total. The summed E-state index contributed by atoms with van der Waals surface area (Å²) in [5, 5.41) is 3.38. The predicted molar refractivity (Wildman–Crippen MR) is 138 cm³/mol. The van der Waals surface area contributed by atoms with Crippen molar-refractivity contribution < 1.29 is 32.2 Å². The number of alkyl halides is 3. The average Bonchev–Trinajstić information content (AvgIpc) is 3.41. The van der Waals surface area contributed by atoms with Crippen LogP contribution in [0.2, 0.25) is 0 Å². The molecule has 5 rings (SSSR count). The fraction of sp³-hybridized carbons (Fsp3) is 0.241. The molecule has 0 amide bonds. The average molecular weight is 538 g/mol. The molecule has 202 valence electrons. The molecule has 1 unspecified atom stereocenters. The highest BCUT2D eigenvalue weighted by Gasteiger charge is 2.35. The Morgan fingerprint density at radius 1 is 1.03 bits per heavy atom. The minimum atomic E-state index is -4.43. The van der Waals surface area contributed by atoms with Gasteiger partial charge in [-0.15, -0.1) is 0 Å². The van der Waals surface area contributed by atoms with Crippen molar-refractivity contribution in [2.24, 2.45) is 4.99 Å². The molecular formula is C29H26F3N3O4. The van der Waals surface area contributed by atoms with Crippen LogP contribution < -0.4 is 14.8 Å². The van der Waals surface area contributed by atoms with Crippen molar-refractivity contribution in [1.82, 2.24) is 10.2 Å². The van der Waals surface area contributed by atoms with Crippen molar-refractivity contribution in [1.29, 1.82) is 0 Å². The van der Waals surface area contributed by atoms with Gasteiger partial charge >= 0.3 is 12.1 Å². The van der Waals surface area contributed by atoms with E-state index in [4.69, 9.17) is 19.2 Å². The van der Waals surface area contributed by atoms with Crippen LogP contribution >= 0.6 is 0 Å². The molecule has 39 heavy (non-hydrogen) atoms. The first-order valence-corrected chi connectivity index (χ1v) is 12.2. The summed E-state index contributed by atoms with van der Waals surface area (Å²) in [6, 6.07) is 19.4. The molecule has 0 saturated heterocycles. The van der Waals surface area contributed by atoms with E-state index in [-0.39, 0.29) is 19.9 Å². The van der Waals surface area contributed by atoms with Gasteiger partial charge in [0.1, 0.15) is 0 Å². The molecule has 0 spiro atoms. The zero-order valence-corrected chi connectivity index (χ0v) is 21.3. The van der Waals surface area contributed by atoms with E-state index in [0.717, 1.165) is 23.3 Å². The second-order valence-electron chi connectivity index (χ2n) is 9.09. The number of methoxy groups -OCH3 is 1. The SMILES string of the molecule is COC(=O)C1=C(C)N(Cc2ccc(C(F)(F)F)cc2)C(=NCc2ccc3c(c2)OCO3)NC1c1ccccc1. The van der Waals surface area contributed by atoms with Crippen molar-refractivity contribution in [3.8, 4) is 11.5 Å². The van der Waals surface area contributed by atoms with E-state index >= 15 is 0 Å². The molecule has 7 nitrogen and oxygen atoms in total. The van der Waals surface area contributed by atoms with Gasteiger partial charge in [0, 0.05) is 5.70 Å². The Balaban J connectivity index is 1.54. The highest BCUT2D eigenvalue weighted by Crippen LogP contribution is 2.35. The predicted octanol–water partition coefficient (Wildman–Crippen LogP) is 5.58. The number of rotatable bonds is 6. The molecule has 0 aromatic heterocycles. The standard InChI is InChI=1S/C29H26F3N3O4/c1-18-25(27(36)37-2)26(21-6-4-3-5-7-21)34-28(33-15-20-10-13-23-24(14-20)39-17-38-23)35(18)16-19-8-11-22(12-9-19)29(30,31)32/h3-14,26H,15-17H2,1-2H3,(H,33,34). The molecule has 2 aliphatic rings. The number of nitrogens with zero attached hydrogens (tertiary/aromatic N) is 2. The molecule has 0 aliphatic carbocycles. The Morgan fingerprint density at radius 3 is 2.41 bits per heavy atom. The number of hydrogen-bond donors (Lipinski definition) is 1. The molecule has 2 aliphatic heterocycles. The monoisotopic (exact) mass is 537 g/mol. The third-order valence-corrected chi connectivity index (χ3v) is 6.62. The summed E-state index contributed by atoms with van der Waals surface area (Å²) in [5.74, 6) is 1.25. The van der Waals surface area contributed by atoms with Crippen molar-refractivity contribution in [2.45, 2.75) is 32.2 Å².